The molecule has 1 aromatic heterocycles. The zero-order chi connectivity index (χ0) is 19.1. The van der Waals surface area contributed by atoms with Crippen LogP contribution < -0.4 is 15.4 Å². The highest BCUT2D eigenvalue weighted by Crippen LogP contribution is 2.29. The molecule has 0 atom stereocenters. The maximum atomic E-state index is 11.9. The summed E-state index contributed by atoms with van der Waals surface area (Å²) in [5.74, 6) is -0.0850. The third kappa shape index (κ3) is 5.44. The smallest absolute Gasteiger partial charge is 0.321 e. The first-order chi connectivity index (χ1) is 13.1. The van der Waals surface area contributed by atoms with Crippen LogP contribution in [-0.4, -0.2) is 30.1 Å². The first-order valence-corrected chi connectivity index (χ1v) is 9.43. The number of benzene rings is 1. The fourth-order valence-corrected chi connectivity index (χ4v) is 3.26. The van der Waals surface area contributed by atoms with Crippen LogP contribution in [-0.2, 0) is 4.79 Å². The van der Waals surface area contributed by atoms with E-state index in [9.17, 15) is 9.59 Å². The number of fused-ring (bicyclic) bond motifs is 1. The highest BCUT2D eigenvalue weighted by molar-refractivity contribution is 6.35. The number of urea groups is 1. The van der Waals surface area contributed by atoms with Gasteiger partial charge in [-0.2, -0.15) is 0 Å². The second-order valence-electron chi connectivity index (χ2n) is 6.40. The maximum absolute atomic E-state index is 11.9. The lowest BCUT2D eigenvalue weighted by Gasteiger charge is -2.13. The predicted molar refractivity (Wildman–Crippen MR) is 105 cm³/mol. The number of pyridine rings is 1. The van der Waals surface area contributed by atoms with Crippen molar-refractivity contribution >= 4 is 34.4 Å². The first-order valence-electron chi connectivity index (χ1n) is 9.05. The zero-order valence-electron chi connectivity index (χ0n) is 15.0. The summed E-state index contributed by atoms with van der Waals surface area (Å²) in [5.41, 5.74) is 1.95. The van der Waals surface area contributed by atoms with Crippen LogP contribution >= 0.6 is 11.6 Å². The van der Waals surface area contributed by atoms with Crippen molar-refractivity contribution in [2.24, 2.45) is 0 Å². The van der Waals surface area contributed by atoms with Gasteiger partial charge in [0.15, 0.2) is 6.61 Å². The first kappa shape index (κ1) is 19.2. The van der Waals surface area contributed by atoms with Crippen LogP contribution in [0.2, 0.25) is 5.02 Å². The number of hydrogen-bond acceptors (Lipinski definition) is 4. The SMILES string of the molecule is O=C(COc1ccc(Cl)c2cccnc12)NC(=O)NCCC1=CCCCC1. The number of allylic oxidation sites excluding steroid dienone is 1. The van der Waals surface area contributed by atoms with Crippen molar-refractivity contribution < 1.29 is 14.3 Å². The van der Waals surface area contributed by atoms with Gasteiger partial charge >= 0.3 is 6.03 Å². The zero-order valence-corrected chi connectivity index (χ0v) is 15.7. The summed E-state index contributed by atoms with van der Waals surface area (Å²) in [7, 11) is 0. The van der Waals surface area contributed by atoms with Gasteiger partial charge in [-0.05, 0) is 56.4 Å². The van der Waals surface area contributed by atoms with Crippen molar-refractivity contribution in [3.05, 3.63) is 47.1 Å². The molecule has 7 heteroatoms. The van der Waals surface area contributed by atoms with Gasteiger partial charge in [0, 0.05) is 18.1 Å². The number of amides is 3. The van der Waals surface area contributed by atoms with Crippen LogP contribution in [0, 0.1) is 0 Å². The van der Waals surface area contributed by atoms with Gasteiger partial charge in [0.2, 0.25) is 0 Å². The number of aromatic nitrogens is 1. The Hall–Kier alpha value is -2.60. The quantitative estimate of drug-likeness (QED) is 0.734. The minimum absolute atomic E-state index is 0.286. The molecule has 2 N–H and O–H groups in total. The highest BCUT2D eigenvalue weighted by Gasteiger charge is 2.11. The molecule has 0 saturated heterocycles. The summed E-state index contributed by atoms with van der Waals surface area (Å²) in [6, 6.07) is 6.43. The third-order valence-corrected chi connectivity index (χ3v) is 4.74. The van der Waals surface area contributed by atoms with Gasteiger partial charge in [0.25, 0.3) is 5.91 Å². The summed E-state index contributed by atoms with van der Waals surface area (Å²) in [6.07, 6.45) is 9.35. The predicted octanol–water partition coefficient (Wildman–Crippen LogP) is 3.98. The van der Waals surface area contributed by atoms with Crippen molar-refractivity contribution in [1.82, 2.24) is 15.6 Å². The molecule has 0 aliphatic heterocycles. The van der Waals surface area contributed by atoms with E-state index in [1.165, 1.54) is 18.4 Å². The summed E-state index contributed by atoms with van der Waals surface area (Å²) in [6.45, 7) is 0.226. The number of carbonyl (C=O) groups is 2. The van der Waals surface area contributed by atoms with E-state index in [2.05, 4.69) is 21.7 Å². The molecule has 1 aliphatic rings. The lowest BCUT2D eigenvalue weighted by molar-refractivity contribution is -0.121. The Bertz CT molecular complexity index is 867. The molecule has 0 saturated carbocycles. The Kier molecular flexibility index (Phi) is 6.65. The summed E-state index contributed by atoms with van der Waals surface area (Å²) < 4.78 is 5.51. The van der Waals surface area contributed by atoms with Crippen LogP contribution in [0.4, 0.5) is 4.79 Å². The van der Waals surface area contributed by atoms with Crippen LogP contribution in [0.1, 0.15) is 32.1 Å². The lowest BCUT2D eigenvalue weighted by Crippen LogP contribution is -2.42. The van der Waals surface area contributed by atoms with Gasteiger partial charge in [-0.3, -0.25) is 15.1 Å². The minimum Gasteiger partial charge on any atom is -0.481 e. The second-order valence-corrected chi connectivity index (χ2v) is 6.80. The van der Waals surface area contributed by atoms with Crippen molar-refractivity contribution in [2.45, 2.75) is 32.1 Å². The van der Waals surface area contributed by atoms with Crippen molar-refractivity contribution in [1.29, 1.82) is 0 Å². The molecule has 1 aromatic carbocycles. The third-order valence-electron chi connectivity index (χ3n) is 4.41. The standard InChI is InChI=1S/C20H22ClN3O3/c21-16-8-9-17(19-15(16)7-4-11-22-19)27-13-18(25)24-20(26)23-12-10-14-5-2-1-3-6-14/h4-5,7-9,11H,1-3,6,10,12-13H2,(H2,23,24,25,26). The fraction of sp³-hybridized carbons (Fsp3) is 0.350. The van der Waals surface area contributed by atoms with Gasteiger partial charge in [0.05, 0.1) is 5.02 Å². The number of halogens is 1. The highest BCUT2D eigenvalue weighted by atomic mass is 35.5. The molecular weight excluding hydrogens is 366 g/mol. The molecule has 1 aliphatic carbocycles. The lowest BCUT2D eigenvalue weighted by atomic mass is 9.97. The molecule has 0 bridgehead atoms. The van der Waals surface area contributed by atoms with Crippen LogP contribution in [0.25, 0.3) is 10.9 Å². The molecule has 0 radical (unpaired) electrons. The van der Waals surface area contributed by atoms with Crippen LogP contribution in [0.5, 0.6) is 5.75 Å². The average Bonchev–Trinajstić information content (AvgIpc) is 2.68. The normalized spacial score (nSPS) is 13.7. The van der Waals surface area contributed by atoms with E-state index in [-0.39, 0.29) is 6.61 Å². The molecule has 2 aromatic rings. The number of ether oxygens (including phenoxy) is 1. The number of nitrogens with zero attached hydrogens (tertiary/aromatic N) is 1. The topological polar surface area (TPSA) is 80.3 Å². The molecule has 6 nitrogen and oxygen atoms in total. The largest absolute Gasteiger partial charge is 0.481 e. The Morgan fingerprint density at radius 3 is 2.93 bits per heavy atom. The summed E-state index contributed by atoms with van der Waals surface area (Å²) >= 11 is 6.13. The Morgan fingerprint density at radius 2 is 2.11 bits per heavy atom. The van der Waals surface area contributed by atoms with E-state index in [4.69, 9.17) is 16.3 Å². The molecular formula is C20H22ClN3O3. The number of carbonyl (C=O) groups excluding carboxylic acids is 2. The van der Waals surface area contributed by atoms with Gasteiger partial charge in [-0.15, -0.1) is 0 Å². The number of imide groups is 1. The molecule has 142 valence electrons. The van der Waals surface area contributed by atoms with Crippen molar-refractivity contribution in [2.75, 3.05) is 13.2 Å². The summed E-state index contributed by atoms with van der Waals surface area (Å²) in [5, 5.41) is 6.27. The molecule has 27 heavy (non-hydrogen) atoms. The van der Waals surface area contributed by atoms with Crippen molar-refractivity contribution in [3.63, 3.8) is 0 Å². The van der Waals surface area contributed by atoms with Crippen LogP contribution in [0.15, 0.2) is 42.1 Å². The van der Waals surface area contributed by atoms with Gasteiger partial charge in [-0.1, -0.05) is 23.3 Å². The monoisotopic (exact) mass is 387 g/mol. The molecule has 0 spiro atoms. The van der Waals surface area contributed by atoms with Gasteiger partial charge < -0.3 is 10.1 Å². The van der Waals surface area contributed by atoms with E-state index >= 15 is 0 Å². The van der Waals surface area contributed by atoms with Crippen LogP contribution in [0.3, 0.4) is 0 Å². The van der Waals surface area contributed by atoms with E-state index < -0.39 is 11.9 Å². The molecule has 0 unspecified atom stereocenters. The number of hydrogen-bond donors (Lipinski definition) is 2. The summed E-state index contributed by atoms with van der Waals surface area (Å²) in [4.78, 5) is 28.0. The van der Waals surface area contributed by atoms with E-state index in [1.54, 1.807) is 24.4 Å². The Labute approximate surface area is 162 Å². The van der Waals surface area contributed by atoms with E-state index in [1.807, 2.05) is 6.07 Å². The molecule has 3 amide bonds. The second kappa shape index (κ2) is 9.37. The number of nitrogens with one attached hydrogen (secondary N) is 2. The molecule has 3 rings (SSSR count). The maximum Gasteiger partial charge on any atom is 0.321 e. The average molecular weight is 388 g/mol. The number of rotatable bonds is 6. The van der Waals surface area contributed by atoms with E-state index in [0.717, 1.165) is 24.6 Å². The van der Waals surface area contributed by atoms with Gasteiger partial charge in [-0.25, -0.2) is 4.79 Å². The van der Waals surface area contributed by atoms with Crippen molar-refractivity contribution in [3.8, 4) is 5.75 Å². The fourth-order valence-electron chi connectivity index (χ4n) is 3.05. The van der Waals surface area contributed by atoms with Gasteiger partial charge in [0.1, 0.15) is 11.3 Å². The Morgan fingerprint density at radius 1 is 1.22 bits per heavy atom. The van der Waals surface area contributed by atoms with E-state index in [0.29, 0.717) is 22.8 Å². The molecule has 1 heterocycles. The molecule has 0 fully saturated rings. The Balaban J connectivity index is 1.45. The minimum atomic E-state index is -0.525.